The van der Waals surface area contributed by atoms with Crippen molar-refractivity contribution in [3.05, 3.63) is 34.6 Å². The van der Waals surface area contributed by atoms with Crippen molar-refractivity contribution in [1.29, 1.82) is 0 Å². The third kappa shape index (κ3) is 3.16. The SMILES string of the molecule is CCNCc1nc(C(C)C)ncc1-n1cc(Cl)c(C)n1. The Hall–Kier alpha value is -1.46. The number of hydrogen-bond acceptors (Lipinski definition) is 4. The maximum Gasteiger partial charge on any atom is 0.131 e. The molecule has 0 aliphatic heterocycles. The minimum atomic E-state index is 0.298. The van der Waals surface area contributed by atoms with Gasteiger partial charge in [-0.1, -0.05) is 32.4 Å². The van der Waals surface area contributed by atoms with Gasteiger partial charge in [0.05, 0.1) is 22.6 Å². The maximum atomic E-state index is 6.08. The summed E-state index contributed by atoms with van der Waals surface area (Å²) in [7, 11) is 0. The Balaban J connectivity index is 2.45. The van der Waals surface area contributed by atoms with Crippen LogP contribution >= 0.6 is 11.6 Å². The minimum Gasteiger partial charge on any atom is -0.311 e. The van der Waals surface area contributed by atoms with E-state index in [-0.39, 0.29) is 0 Å². The lowest BCUT2D eigenvalue weighted by atomic mass is 10.2. The highest BCUT2D eigenvalue weighted by Crippen LogP contribution is 2.19. The van der Waals surface area contributed by atoms with Crippen molar-refractivity contribution in [1.82, 2.24) is 25.1 Å². The Morgan fingerprint density at radius 2 is 2.15 bits per heavy atom. The number of nitrogens with one attached hydrogen (secondary N) is 1. The first-order valence-electron chi connectivity index (χ1n) is 6.81. The molecule has 1 N–H and O–H groups in total. The van der Waals surface area contributed by atoms with E-state index >= 15 is 0 Å². The second kappa shape index (κ2) is 6.33. The Kier molecular flexibility index (Phi) is 4.73. The molecule has 0 aromatic carbocycles. The molecule has 2 aromatic heterocycles. The van der Waals surface area contributed by atoms with Gasteiger partial charge < -0.3 is 5.32 Å². The minimum absolute atomic E-state index is 0.298. The normalized spacial score (nSPS) is 11.3. The molecule has 2 aromatic rings. The molecular weight excluding hydrogens is 274 g/mol. The molecule has 0 aliphatic carbocycles. The zero-order chi connectivity index (χ0) is 14.7. The van der Waals surface area contributed by atoms with Gasteiger partial charge in [-0.25, -0.2) is 14.6 Å². The molecule has 2 rings (SSSR count). The second-order valence-corrected chi connectivity index (χ2v) is 5.41. The van der Waals surface area contributed by atoms with E-state index < -0.39 is 0 Å². The maximum absolute atomic E-state index is 6.08. The van der Waals surface area contributed by atoms with Gasteiger partial charge in [0, 0.05) is 18.7 Å². The molecule has 0 unspecified atom stereocenters. The summed E-state index contributed by atoms with van der Waals surface area (Å²) in [5.41, 5.74) is 2.60. The number of rotatable bonds is 5. The van der Waals surface area contributed by atoms with Crippen LogP contribution in [0.3, 0.4) is 0 Å². The fourth-order valence-corrected chi connectivity index (χ4v) is 1.96. The van der Waals surface area contributed by atoms with Gasteiger partial charge in [-0.3, -0.25) is 0 Å². The van der Waals surface area contributed by atoms with Gasteiger partial charge in [-0.15, -0.1) is 0 Å². The van der Waals surface area contributed by atoms with E-state index in [0.717, 1.165) is 29.4 Å². The van der Waals surface area contributed by atoms with Gasteiger partial charge in [0.2, 0.25) is 0 Å². The molecule has 0 radical (unpaired) electrons. The van der Waals surface area contributed by atoms with Gasteiger partial charge in [0.25, 0.3) is 0 Å². The van der Waals surface area contributed by atoms with E-state index in [9.17, 15) is 0 Å². The molecule has 0 fully saturated rings. The van der Waals surface area contributed by atoms with E-state index in [2.05, 4.69) is 41.2 Å². The van der Waals surface area contributed by atoms with Crippen LogP contribution in [-0.2, 0) is 6.54 Å². The van der Waals surface area contributed by atoms with Crippen molar-refractivity contribution in [2.24, 2.45) is 0 Å². The summed E-state index contributed by atoms with van der Waals surface area (Å²) < 4.78 is 1.74. The standard InChI is InChI=1S/C14H20ClN5/c1-5-16-6-12-13(7-17-14(18-12)9(2)3)20-8-11(15)10(4)19-20/h7-9,16H,5-6H2,1-4H3. The van der Waals surface area contributed by atoms with Crippen LogP contribution in [0.4, 0.5) is 0 Å². The van der Waals surface area contributed by atoms with E-state index in [4.69, 9.17) is 11.6 Å². The summed E-state index contributed by atoms with van der Waals surface area (Å²) >= 11 is 6.08. The van der Waals surface area contributed by atoms with Crippen LogP contribution in [0.25, 0.3) is 5.69 Å². The van der Waals surface area contributed by atoms with Crippen molar-refractivity contribution < 1.29 is 0 Å². The smallest absolute Gasteiger partial charge is 0.131 e. The van der Waals surface area contributed by atoms with E-state index in [1.54, 1.807) is 10.9 Å². The van der Waals surface area contributed by atoms with Crippen LogP contribution < -0.4 is 5.32 Å². The third-order valence-electron chi connectivity index (χ3n) is 3.01. The van der Waals surface area contributed by atoms with Crippen LogP contribution in [-0.4, -0.2) is 26.3 Å². The molecule has 20 heavy (non-hydrogen) atoms. The Morgan fingerprint density at radius 1 is 1.40 bits per heavy atom. The molecular formula is C14H20ClN5. The second-order valence-electron chi connectivity index (χ2n) is 5.00. The Morgan fingerprint density at radius 3 is 2.70 bits per heavy atom. The van der Waals surface area contributed by atoms with E-state index in [1.165, 1.54) is 0 Å². The van der Waals surface area contributed by atoms with E-state index in [1.807, 2.05) is 13.1 Å². The average Bonchev–Trinajstić information content (AvgIpc) is 2.75. The van der Waals surface area contributed by atoms with Crippen LogP contribution in [0.1, 0.15) is 43.9 Å². The highest BCUT2D eigenvalue weighted by molar-refractivity contribution is 6.31. The van der Waals surface area contributed by atoms with Crippen LogP contribution in [0, 0.1) is 6.92 Å². The molecule has 5 nitrogen and oxygen atoms in total. The fourth-order valence-electron chi connectivity index (χ4n) is 1.83. The van der Waals surface area contributed by atoms with Crippen molar-refractivity contribution in [3.63, 3.8) is 0 Å². The zero-order valence-electron chi connectivity index (χ0n) is 12.3. The number of aromatic nitrogens is 4. The largest absolute Gasteiger partial charge is 0.311 e. The molecule has 0 saturated carbocycles. The van der Waals surface area contributed by atoms with Crippen molar-refractivity contribution >= 4 is 11.6 Å². The van der Waals surface area contributed by atoms with Crippen molar-refractivity contribution in [2.75, 3.05) is 6.54 Å². The predicted octanol–water partition coefficient (Wildman–Crippen LogP) is 2.86. The summed E-state index contributed by atoms with van der Waals surface area (Å²) in [6.45, 7) is 9.69. The molecule has 0 atom stereocenters. The van der Waals surface area contributed by atoms with Crippen LogP contribution in [0.5, 0.6) is 0 Å². The molecule has 2 heterocycles. The number of nitrogens with zero attached hydrogens (tertiary/aromatic N) is 4. The van der Waals surface area contributed by atoms with Gasteiger partial charge in [0.1, 0.15) is 11.5 Å². The fraction of sp³-hybridized carbons (Fsp3) is 0.500. The summed E-state index contributed by atoms with van der Waals surface area (Å²) in [5.74, 6) is 1.14. The first-order chi connectivity index (χ1) is 9.52. The predicted molar refractivity (Wildman–Crippen MR) is 80.4 cm³/mol. The average molecular weight is 294 g/mol. The Bertz CT molecular complexity index is 572. The molecule has 108 valence electrons. The number of aryl methyl sites for hydroxylation is 1. The lowest BCUT2D eigenvalue weighted by Gasteiger charge is -2.12. The number of hydrogen-bond donors (Lipinski definition) is 1. The first kappa shape index (κ1) is 14.9. The zero-order valence-corrected chi connectivity index (χ0v) is 13.1. The van der Waals surface area contributed by atoms with Crippen LogP contribution in [0.2, 0.25) is 5.02 Å². The first-order valence-corrected chi connectivity index (χ1v) is 7.19. The summed E-state index contributed by atoms with van der Waals surface area (Å²) in [6, 6.07) is 0. The molecule has 6 heteroatoms. The highest BCUT2D eigenvalue weighted by atomic mass is 35.5. The van der Waals surface area contributed by atoms with Gasteiger partial charge in [0.15, 0.2) is 0 Å². The molecule has 0 aliphatic rings. The summed E-state index contributed by atoms with van der Waals surface area (Å²) in [6.07, 6.45) is 3.61. The van der Waals surface area contributed by atoms with Crippen LogP contribution in [0.15, 0.2) is 12.4 Å². The lowest BCUT2D eigenvalue weighted by molar-refractivity contribution is 0.673. The molecule has 0 spiro atoms. The van der Waals surface area contributed by atoms with Crippen molar-refractivity contribution in [3.8, 4) is 5.69 Å². The van der Waals surface area contributed by atoms with E-state index in [0.29, 0.717) is 17.5 Å². The highest BCUT2D eigenvalue weighted by Gasteiger charge is 2.13. The molecule has 0 bridgehead atoms. The summed E-state index contributed by atoms with van der Waals surface area (Å²) in [4.78, 5) is 9.07. The van der Waals surface area contributed by atoms with Gasteiger partial charge in [-0.05, 0) is 13.5 Å². The van der Waals surface area contributed by atoms with Gasteiger partial charge in [-0.2, -0.15) is 5.10 Å². The topological polar surface area (TPSA) is 55.6 Å². The third-order valence-corrected chi connectivity index (χ3v) is 3.38. The monoisotopic (exact) mass is 293 g/mol. The van der Waals surface area contributed by atoms with Gasteiger partial charge >= 0.3 is 0 Å². The quantitative estimate of drug-likeness (QED) is 0.921. The van der Waals surface area contributed by atoms with Crippen molar-refractivity contribution in [2.45, 2.75) is 40.2 Å². The number of halogens is 1. The lowest BCUT2D eigenvalue weighted by Crippen LogP contribution is -2.17. The summed E-state index contributed by atoms with van der Waals surface area (Å²) in [5, 5.41) is 8.34. The molecule has 0 saturated heterocycles. The Labute approximate surface area is 124 Å². The molecule has 0 amide bonds.